The van der Waals surface area contributed by atoms with Gasteiger partial charge in [0.05, 0.1) is 4.47 Å². The highest BCUT2D eigenvalue weighted by atomic mass is 79.9. The standard InChI is InChI=1S/C8H7BrO2/c1-5-2-3-6(9)8(11)7(10)4-5/h2-4H,1H3,(H,10,11). The third kappa shape index (κ3) is 1.80. The van der Waals surface area contributed by atoms with E-state index in [4.69, 9.17) is 5.11 Å². The molecule has 0 heterocycles. The minimum absolute atomic E-state index is 0.238. The van der Waals surface area contributed by atoms with Gasteiger partial charge in [-0.05, 0) is 40.5 Å². The monoisotopic (exact) mass is 214 g/mol. The second kappa shape index (κ2) is 3.05. The zero-order valence-electron chi connectivity index (χ0n) is 5.97. The van der Waals surface area contributed by atoms with E-state index < -0.39 is 0 Å². The van der Waals surface area contributed by atoms with Gasteiger partial charge < -0.3 is 5.11 Å². The molecule has 0 aromatic heterocycles. The highest BCUT2D eigenvalue weighted by Gasteiger charge is 1.98. The van der Waals surface area contributed by atoms with E-state index in [1.807, 2.05) is 0 Å². The number of halogens is 1. The van der Waals surface area contributed by atoms with Crippen molar-refractivity contribution >= 4 is 15.9 Å². The number of aromatic hydroxyl groups is 1. The van der Waals surface area contributed by atoms with Crippen molar-refractivity contribution in [3.63, 3.8) is 0 Å². The average Bonchev–Trinajstić information content (AvgIpc) is 2.05. The van der Waals surface area contributed by atoms with Crippen LogP contribution in [0.25, 0.3) is 0 Å². The van der Waals surface area contributed by atoms with Crippen molar-refractivity contribution in [3.8, 4) is 5.75 Å². The topological polar surface area (TPSA) is 37.3 Å². The molecule has 0 aliphatic rings. The molecule has 3 heteroatoms. The highest BCUT2D eigenvalue weighted by molar-refractivity contribution is 9.10. The van der Waals surface area contributed by atoms with Crippen molar-refractivity contribution in [2.75, 3.05) is 0 Å². The Kier molecular flexibility index (Phi) is 2.29. The Morgan fingerprint density at radius 3 is 2.73 bits per heavy atom. The van der Waals surface area contributed by atoms with Crippen LogP contribution in [0.5, 0.6) is 5.75 Å². The Hall–Kier alpha value is -0.830. The Labute approximate surface area is 72.6 Å². The van der Waals surface area contributed by atoms with Crippen molar-refractivity contribution in [2.45, 2.75) is 6.92 Å². The van der Waals surface area contributed by atoms with Gasteiger partial charge in [0, 0.05) is 0 Å². The van der Waals surface area contributed by atoms with Gasteiger partial charge in [0.1, 0.15) is 0 Å². The van der Waals surface area contributed by atoms with E-state index in [2.05, 4.69) is 15.9 Å². The molecular weight excluding hydrogens is 208 g/mol. The molecule has 0 spiro atoms. The molecule has 1 aromatic carbocycles. The van der Waals surface area contributed by atoms with Gasteiger partial charge in [-0.2, -0.15) is 0 Å². The molecule has 11 heavy (non-hydrogen) atoms. The largest absolute Gasteiger partial charge is 0.503 e. The van der Waals surface area contributed by atoms with Gasteiger partial charge >= 0.3 is 0 Å². The van der Waals surface area contributed by atoms with Gasteiger partial charge in [0.2, 0.25) is 5.43 Å². The number of rotatable bonds is 0. The van der Waals surface area contributed by atoms with E-state index in [0.717, 1.165) is 5.56 Å². The molecule has 2 nitrogen and oxygen atoms in total. The molecule has 0 unspecified atom stereocenters. The molecule has 1 N–H and O–H groups in total. The molecule has 0 bridgehead atoms. The Balaban J connectivity index is 3.57. The van der Waals surface area contributed by atoms with Crippen molar-refractivity contribution in [2.24, 2.45) is 0 Å². The van der Waals surface area contributed by atoms with E-state index in [1.165, 1.54) is 6.07 Å². The van der Waals surface area contributed by atoms with Gasteiger partial charge in [0.15, 0.2) is 5.75 Å². The first-order valence-corrected chi connectivity index (χ1v) is 3.90. The van der Waals surface area contributed by atoms with E-state index in [1.54, 1.807) is 19.1 Å². The molecule has 0 aliphatic carbocycles. The first kappa shape index (κ1) is 8.27. The predicted octanol–water partition coefficient (Wildman–Crippen LogP) is 1.82. The normalized spacial score (nSPS) is 9.64. The first-order valence-electron chi connectivity index (χ1n) is 3.10. The van der Waals surface area contributed by atoms with Gasteiger partial charge in [-0.25, -0.2) is 0 Å². The third-order valence-corrected chi connectivity index (χ3v) is 1.95. The van der Waals surface area contributed by atoms with Gasteiger partial charge in [0.25, 0.3) is 0 Å². The molecule has 0 amide bonds. The van der Waals surface area contributed by atoms with Crippen LogP contribution in [0.1, 0.15) is 5.56 Å². The first-order chi connectivity index (χ1) is 5.11. The summed E-state index contributed by atoms with van der Waals surface area (Å²) >= 11 is 3.06. The summed E-state index contributed by atoms with van der Waals surface area (Å²) in [7, 11) is 0. The van der Waals surface area contributed by atoms with Crippen LogP contribution in [0, 0.1) is 6.92 Å². The Morgan fingerprint density at radius 1 is 1.45 bits per heavy atom. The van der Waals surface area contributed by atoms with Gasteiger partial charge in [-0.1, -0.05) is 6.07 Å². The van der Waals surface area contributed by atoms with Crippen molar-refractivity contribution in [1.29, 1.82) is 0 Å². The fourth-order valence-electron chi connectivity index (χ4n) is 0.724. The lowest BCUT2D eigenvalue weighted by atomic mass is 10.3. The third-order valence-electron chi connectivity index (χ3n) is 1.31. The van der Waals surface area contributed by atoms with Crippen LogP contribution in [-0.4, -0.2) is 5.11 Å². The molecule has 0 aliphatic heterocycles. The SMILES string of the molecule is Cc1ccc(Br)c(O)c(=O)c1. The summed E-state index contributed by atoms with van der Waals surface area (Å²) in [5.41, 5.74) is 0.468. The second-order valence-electron chi connectivity index (χ2n) is 2.28. The van der Waals surface area contributed by atoms with Crippen LogP contribution >= 0.6 is 15.9 Å². The average molecular weight is 215 g/mol. The second-order valence-corrected chi connectivity index (χ2v) is 3.14. The van der Waals surface area contributed by atoms with Crippen LogP contribution in [0.2, 0.25) is 0 Å². The zero-order valence-corrected chi connectivity index (χ0v) is 7.55. The molecule has 0 atom stereocenters. The summed E-state index contributed by atoms with van der Waals surface area (Å²) in [6, 6.07) is 4.79. The van der Waals surface area contributed by atoms with Crippen LogP contribution in [0.3, 0.4) is 0 Å². The molecular formula is C8H7BrO2. The van der Waals surface area contributed by atoms with Crippen LogP contribution in [-0.2, 0) is 0 Å². The minimum Gasteiger partial charge on any atom is -0.503 e. The number of hydrogen-bond acceptors (Lipinski definition) is 2. The van der Waals surface area contributed by atoms with Crippen molar-refractivity contribution in [3.05, 3.63) is 38.5 Å². The zero-order chi connectivity index (χ0) is 8.43. The maximum Gasteiger partial charge on any atom is 0.221 e. The van der Waals surface area contributed by atoms with Crippen LogP contribution in [0.4, 0.5) is 0 Å². The van der Waals surface area contributed by atoms with Gasteiger partial charge in [-0.15, -0.1) is 0 Å². The van der Waals surface area contributed by atoms with Crippen LogP contribution < -0.4 is 5.43 Å². The predicted molar refractivity (Wildman–Crippen MR) is 46.8 cm³/mol. The quantitative estimate of drug-likeness (QED) is 0.716. The van der Waals surface area contributed by atoms with Gasteiger partial charge in [-0.3, -0.25) is 4.79 Å². The maximum atomic E-state index is 11.0. The highest BCUT2D eigenvalue weighted by Crippen LogP contribution is 2.17. The Morgan fingerprint density at radius 2 is 2.09 bits per heavy atom. The fraction of sp³-hybridized carbons (Fsp3) is 0.125. The summed E-state index contributed by atoms with van der Waals surface area (Å²) < 4.78 is 0.426. The molecule has 0 saturated heterocycles. The fourth-order valence-corrected chi connectivity index (χ4v) is 1.05. The summed E-state index contributed by atoms with van der Waals surface area (Å²) in [5.74, 6) is -0.238. The van der Waals surface area contributed by atoms with Crippen molar-refractivity contribution in [1.82, 2.24) is 0 Å². The number of aryl methyl sites for hydroxylation is 1. The van der Waals surface area contributed by atoms with E-state index >= 15 is 0 Å². The molecule has 1 rings (SSSR count). The lowest BCUT2D eigenvalue weighted by molar-refractivity contribution is 0.467. The lowest BCUT2D eigenvalue weighted by Crippen LogP contribution is -1.93. The molecule has 58 valence electrons. The minimum atomic E-state index is -0.362. The molecule has 0 saturated carbocycles. The summed E-state index contributed by atoms with van der Waals surface area (Å²) in [6.45, 7) is 1.80. The summed E-state index contributed by atoms with van der Waals surface area (Å²) in [4.78, 5) is 11.0. The maximum absolute atomic E-state index is 11.0. The van der Waals surface area contributed by atoms with E-state index in [-0.39, 0.29) is 11.2 Å². The molecule has 0 fully saturated rings. The van der Waals surface area contributed by atoms with E-state index in [9.17, 15) is 4.79 Å². The van der Waals surface area contributed by atoms with Crippen LogP contribution in [0.15, 0.2) is 27.5 Å². The molecule has 1 aromatic rings. The van der Waals surface area contributed by atoms with E-state index in [0.29, 0.717) is 4.47 Å². The Bertz CT molecular complexity index is 333. The summed E-state index contributed by atoms with van der Waals surface area (Å²) in [6.07, 6.45) is 0. The summed E-state index contributed by atoms with van der Waals surface area (Å²) in [5, 5.41) is 9.13. The smallest absolute Gasteiger partial charge is 0.221 e. The lowest BCUT2D eigenvalue weighted by Gasteiger charge is -1.83. The van der Waals surface area contributed by atoms with Crippen molar-refractivity contribution < 1.29 is 5.11 Å². The number of hydrogen-bond donors (Lipinski definition) is 1. The molecule has 0 radical (unpaired) electrons.